The number of furan rings is 1. The number of rotatable bonds is 5. The molecule has 0 spiro atoms. The Hall–Kier alpha value is -1.74. The number of aliphatic hydroxyl groups excluding tert-OH is 1. The molecular formula is C16H25F3N4O2. The quantitative estimate of drug-likeness (QED) is 0.618. The van der Waals surface area contributed by atoms with Gasteiger partial charge in [0.2, 0.25) is 0 Å². The Balaban J connectivity index is 1.93. The molecule has 2 unspecified atom stereocenters. The van der Waals surface area contributed by atoms with Crippen molar-refractivity contribution < 1.29 is 22.7 Å². The maximum Gasteiger partial charge on any atom is 0.403 e. The van der Waals surface area contributed by atoms with Crippen LogP contribution in [0.2, 0.25) is 0 Å². The first-order valence-electron chi connectivity index (χ1n) is 8.38. The molecule has 142 valence electrons. The minimum atomic E-state index is -4.21. The van der Waals surface area contributed by atoms with Crippen molar-refractivity contribution in [3.05, 3.63) is 24.2 Å². The number of nitrogens with one attached hydrogen (secondary N) is 1. The Labute approximate surface area is 145 Å². The number of alkyl halides is 3. The highest BCUT2D eigenvalue weighted by atomic mass is 19.4. The van der Waals surface area contributed by atoms with Crippen molar-refractivity contribution in [2.45, 2.75) is 32.2 Å². The molecule has 6 nitrogen and oxygen atoms in total. The number of guanidine groups is 1. The fourth-order valence-corrected chi connectivity index (χ4v) is 2.70. The summed E-state index contributed by atoms with van der Waals surface area (Å²) in [5, 5.41) is 13.2. The number of nitrogens with zero attached hydrogens (tertiary/aromatic N) is 3. The molecule has 0 bridgehead atoms. The zero-order chi connectivity index (χ0) is 18.4. The van der Waals surface area contributed by atoms with E-state index in [1.807, 2.05) is 11.8 Å². The molecule has 9 heteroatoms. The maximum absolute atomic E-state index is 12.8. The van der Waals surface area contributed by atoms with Crippen molar-refractivity contribution in [3.8, 4) is 0 Å². The summed E-state index contributed by atoms with van der Waals surface area (Å²) in [7, 11) is 0. The summed E-state index contributed by atoms with van der Waals surface area (Å²) in [6.07, 6.45) is -3.59. The number of aliphatic imine (C=N–C) groups is 1. The summed E-state index contributed by atoms with van der Waals surface area (Å²) in [5.74, 6) is 1.02. The third-order valence-electron chi connectivity index (χ3n) is 4.26. The van der Waals surface area contributed by atoms with Crippen LogP contribution in [0.3, 0.4) is 0 Å². The highest BCUT2D eigenvalue weighted by molar-refractivity contribution is 5.80. The molecule has 2 atom stereocenters. The van der Waals surface area contributed by atoms with Crippen LogP contribution in [0.5, 0.6) is 0 Å². The highest BCUT2D eigenvalue weighted by Crippen LogP contribution is 2.25. The fraction of sp³-hybridized carbons (Fsp3) is 0.688. The normalized spacial score (nSPS) is 19.8. The molecule has 1 aliphatic rings. The van der Waals surface area contributed by atoms with E-state index in [-0.39, 0.29) is 6.54 Å². The van der Waals surface area contributed by atoms with E-state index in [1.54, 1.807) is 12.1 Å². The van der Waals surface area contributed by atoms with Crippen LogP contribution in [0.1, 0.15) is 25.7 Å². The summed E-state index contributed by atoms with van der Waals surface area (Å²) in [6.45, 7) is 5.38. The molecule has 1 fully saturated rings. The van der Waals surface area contributed by atoms with Crippen molar-refractivity contribution >= 4 is 5.96 Å². The first-order valence-corrected chi connectivity index (χ1v) is 8.38. The van der Waals surface area contributed by atoms with Crippen LogP contribution < -0.4 is 5.32 Å². The number of hydrogen-bond donors (Lipinski definition) is 2. The smallest absolute Gasteiger partial charge is 0.403 e. The van der Waals surface area contributed by atoms with E-state index in [0.717, 1.165) is 0 Å². The van der Waals surface area contributed by atoms with Crippen LogP contribution in [0.15, 0.2) is 27.8 Å². The molecule has 25 heavy (non-hydrogen) atoms. The van der Waals surface area contributed by atoms with E-state index in [1.165, 1.54) is 18.1 Å². The lowest BCUT2D eigenvalue weighted by molar-refractivity contribution is -0.181. The number of hydrogen-bond acceptors (Lipinski definition) is 4. The minimum absolute atomic E-state index is 0.120. The SMILES string of the molecule is CCNC(=NCC(O)c1ccco1)N1CCN(C(C)C(F)(F)F)CC1. The van der Waals surface area contributed by atoms with Gasteiger partial charge in [0.1, 0.15) is 17.9 Å². The van der Waals surface area contributed by atoms with Crippen LogP contribution in [0.25, 0.3) is 0 Å². The summed E-state index contributed by atoms with van der Waals surface area (Å²) < 4.78 is 43.6. The Kier molecular flexibility index (Phi) is 6.71. The number of piperazine rings is 1. The van der Waals surface area contributed by atoms with E-state index in [2.05, 4.69) is 10.3 Å². The van der Waals surface area contributed by atoms with Gasteiger partial charge in [0.25, 0.3) is 0 Å². The first kappa shape index (κ1) is 19.6. The Morgan fingerprint density at radius 3 is 2.56 bits per heavy atom. The van der Waals surface area contributed by atoms with Crippen molar-refractivity contribution in [1.82, 2.24) is 15.1 Å². The lowest BCUT2D eigenvalue weighted by atomic mass is 10.2. The average molecular weight is 362 g/mol. The number of halogens is 3. The molecule has 2 N–H and O–H groups in total. The van der Waals surface area contributed by atoms with Crippen LogP contribution in [0.4, 0.5) is 13.2 Å². The van der Waals surface area contributed by atoms with Crippen LogP contribution in [-0.4, -0.2) is 72.4 Å². The molecule has 1 aromatic rings. The number of aliphatic hydroxyl groups is 1. The zero-order valence-corrected chi connectivity index (χ0v) is 14.5. The van der Waals surface area contributed by atoms with Crippen LogP contribution in [0, 0.1) is 0 Å². The Morgan fingerprint density at radius 2 is 2.04 bits per heavy atom. The third kappa shape index (κ3) is 5.37. The van der Waals surface area contributed by atoms with E-state index < -0.39 is 18.3 Å². The van der Waals surface area contributed by atoms with E-state index in [9.17, 15) is 18.3 Å². The van der Waals surface area contributed by atoms with Crippen LogP contribution >= 0.6 is 0 Å². The van der Waals surface area contributed by atoms with Crippen LogP contribution in [-0.2, 0) is 0 Å². The average Bonchev–Trinajstić information content (AvgIpc) is 3.11. The van der Waals surface area contributed by atoms with Gasteiger partial charge in [-0.05, 0) is 26.0 Å². The molecule has 1 aromatic heterocycles. The third-order valence-corrected chi connectivity index (χ3v) is 4.26. The summed E-state index contributed by atoms with van der Waals surface area (Å²) in [6, 6.07) is 1.91. The lowest BCUT2D eigenvalue weighted by Crippen LogP contribution is -2.56. The molecule has 0 aromatic carbocycles. The van der Waals surface area contributed by atoms with Gasteiger partial charge in [0.15, 0.2) is 5.96 Å². The standard InChI is InChI=1S/C16H25F3N4O2/c1-3-20-15(21-11-13(24)14-5-4-10-25-14)23-8-6-22(7-9-23)12(2)16(17,18)19/h4-5,10,12-13,24H,3,6-9,11H2,1-2H3,(H,20,21). The predicted octanol–water partition coefficient (Wildman–Crippen LogP) is 1.85. The Morgan fingerprint density at radius 1 is 1.36 bits per heavy atom. The van der Waals surface area contributed by atoms with Gasteiger partial charge in [-0.15, -0.1) is 0 Å². The molecule has 0 saturated carbocycles. The van der Waals surface area contributed by atoms with Gasteiger partial charge in [-0.2, -0.15) is 13.2 Å². The van der Waals surface area contributed by atoms with Gasteiger partial charge in [-0.3, -0.25) is 4.90 Å². The predicted molar refractivity (Wildman–Crippen MR) is 88.3 cm³/mol. The first-order chi connectivity index (χ1) is 11.8. The van der Waals surface area contributed by atoms with Gasteiger partial charge in [0, 0.05) is 32.7 Å². The molecule has 0 aliphatic carbocycles. The second-order valence-electron chi connectivity index (χ2n) is 5.97. The Bertz CT molecular complexity index is 540. The van der Waals surface area contributed by atoms with E-state index in [4.69, 9.17) is 4.42 Å². The molecule has 1 aliphatic heterocycles. The second kappa shape index (κ2) is 8.57. The maximum atomic E-state index is 12.8. The highest BCUT2D eigenvalue weighted by Gasteiger charge is 2.41. The summed E-state index contributed by atoms with van der Waals surface area (Å²) >= 11 is 0. The van der Waals surface area contributed by atoms with Crippen molar-refractivity contribution in [1.29, 1.82) is 0 Å². The van der Waals surface area contributed by atoms with Crippen molar-refractivity contribution in [2.75, 3.05) is 39.3 Å². The topological polar surface area (TPSA) is 64.2 Å². The largest absolute Gasteiger partial charge is 0.467 e. The second-order valence-corrected chi connectivity index (χ2v) is 5.97. The lowest BCUT2D eigenvalue weighted by Gasteiger charge is -2.39. The molecule has 0 amide bonds. The minimum Gasteiger partial charge on any atom is -0.467 e. The van der Waals surface area contributed by atoms with Gasteiger partial charge in [-0.1, -0.05) is 0 Å². The van der Waals surface area contributed by atoms with E-state index >= 15 is 0 Å². The zero-order valence-electron chi connectivity index (χ0n) is 14.5. The monoisotopic (exact) mass is 362 g/mol. The van der Waals surface area contributed by atoms with Crippen molar-refractivity contribution in [3.63, 3.8) is 0 Å². The molecule has 2 rings (SSSR count). The summed E-state index contributed by atoms with van der Waals surface area (Å²) in [4.78, 5) is 7.74. The molecular weight excluding hydrogens is 337 g/mol. The van der Waals surface area contributed by atoms with Gasteiger partial charge in [0.05, 0.1) is 12.8 Å². The van der Waals surface area contributed by atoms with Crippen molar-refractivity contribution in [2.24, 2.45) is 4.99 Å². The fourth-order valence-electron chi connectivity index (χ4n) is 2.70. The molecule has 1 saturated heterocycles. The summed E-state index contributed by atoms with van der Waals surface area (Å²) in [5.41, 5.74) is 0. The molecule has 0 radical (unpaired) electrons. The van der Waals surface area contributed by atoms with Gasteiger partial charge in [-0.25, -0.2) is 4.99 Å². The van der Waals surface area contributed by atoms with E-state index in [0.29, 0.717) is 44.4 Å². The van der Waals surface area contributed by atoms with Gasteiger partial charge < -0.3 is 19.7 Å². The molecule has 2 heterocycles. The van der Waals surface area contributed by atoms with Gasteiger partial charge >= 0.3 is 6.18 Å².